The molecule has 35 heavy (non-hydrogen) atoms. The van der Waals surface area contributed by atoms with Crippen molar-refractivity contribution in [3.05, 3.63) is 58.6 Å². The van der Waals surface area contributed by atoms with E-state index >= 15 is 0 Å². The van der Waals surface area contributed by atoms with E-state index < -0.39 is 40.0 Å². The average molecular weight is 519 g/mol. The number of imide groups is 1. The molecule has 0 spiro atoms. The first-order chi connectivity index (χ1) is 16.5. The number of carbonyl (C=O) groups excluding carboxylic acids is 3. The molecule has 2 aromatic rings. The van der Waals surface area contributed by atoms with Gasteiger partial charge in [-0.3, -0.25) is 14.5 Å². The fraction of sp³-hybridized carbons (Fsp3) is 0.375. The smallest absolute Gasteiger partial charge is 0.324 e. The Morgan fingerprint density at radius 1 is 1.09 bits per heavy atom. The first kappa shape index (κ1) is 25.2. The molecule has 2 aliphatic rings. The molecule has 1 atom stereocenters. The lowest BCUT2D eigenvalue weighted by Crippen LogP contribution is -2.42. The number of anilines is 1. The van der Waals surface area contributed by atoms with E-state index in [1.165, 1.54) is 16.4 Å². The molecule has 0 aliphatic carbocycles. The van der Waals surface area contributed by atoms with Gasteiger partial charge >= 0.3 is 6.03 Å². The van der Waals surface area contributed by atoms with Crippen molar-refractivity contribution in [2.45, 2.75) is 43.5 Å². The lowest BCUT2D eigenvalue weighted by molar-refractivity contribution is -0.133. The molecule has 4 rings (SSSR count). The second kappa shape index (κ2) is 9.60. The Morgan fingerprint density at radius 2 is 1.74 bits per heavy atom. The summed E-state index contributed by atoms with van der Waals surface area (Å²) >= 11 is 5.92. The van der Waals surface area contributed by atoms with Gasteiger partial charge in [0.25, 0.3) is 5.91 Å². The molecule has 2 fully saturated rings. The predicted molar refractivity (Wildman–Crippen MR) is 131 cm³/mol. The molecule has 0 bridgehead atoms. The highest BCUT2D eigenvalue weighted by Gasteiger charge is 2.49. The number of piperidine rings is 1. The van der Waals surface area contributed by atoms with Crippen LogP contribution in [-0.2, 0) is 25.2 Å². The highest BCUT2D eigenvalue weighted by Crippen LogP contribution is 2.30. The summed E-state index contributed by atoms with van der Waals surface area (Å²) in [6.45, 7) is 3.72. The van der Waals surface area contributed by atoms with E-state index in [2.05, 4.69) is 10.6 Å². The van der Waals surface area contributed by atoms with Gasteiger partial charge in [0.2, 0.25) is 15.9 Å². The molecule has 1 unspecified atom stereocenters. The molecule has 9 nitrogen and oxygen atoms in total. The maximum atomic E-state index is 13.1. The van der Waals surface area contributed by atoms with Crippen molar-refractivity contribution < 1.29 is 22.8 Å². The molecule has 186 valence electrons. The van der Waals surface area contributed by atoms with Crippen LogP contribution in [0.4, 0.5) is 10.5 Å². The number of amides is 4. The monoisotopic (exact) mass is 518 g/mol. The van der Waals surface area contributed by atoms with Gasteiger partial charge in [-0.05, 0) is 62.1 Å². The fourth-order valence-electron chi connectivity index (χ4n) is 4.30. The minimum Gasteiger partial charge on any atom is -0.324 e. The third-order valence-corrected chi connectivity index (χ3v) is 8.58. The van der Waals surface area contributed by atoms with Crippen LogP contribution in [0.3, 0.4) is 0 Å². The van der Waals surface area contributed by atoms with Crippen LogP contribution in [-0.4, -0.2) is 55.1 Å². The van der Waals surface area contributed by atoms with Crippen LogP contribution in [0.1, 0.15) is 37.3 Å². The van der Waals surface area contributed by atoms with E-state index in [-0.39, 0.29) is 4.90 Å². The van der Waals surface area contributed by atoms with E-state index in [4.69, 9.17) is 11.6 Å². The number of nitrogens with zero attached hydrogens (tertiary/aromatic N) is 2. The van der Waals surface area contributed by atoms with Crippen molar-refractivity contribution in [3.63, 3.8) is 0 Å². The highest BCUT2D eigenvalue weighted by atomic mass is 35.5. The second-order valence-electron chi connectivity index (χ2n) is 8.94. The topological polar surface area (TPSA) is 116 Å². The van der Waals surface area contributed by atoms with Crippen LogP contribution in [0.15, 0.2) is 47.4 Å². The van der Waals surface area contributed by atoms with Crippen molar-refractivity contribution in [2.24, 2.45) is 0 Å². The Hall–Kier alpha value is -2.95. The molecule has 0 radical (unpaired) electrons. The van der Waals surface area contributed by atoms with Crippen LogP contribution in [0, 0.1) is 6.92 Å². The highest BCUT2D eigenvalue weighted by molar-refractivity contribution is 7.89. The number of nitrogens with one attached hydrogen (secondary N) is 2. The molecule has 0 saturated carbocycles. The minimum absolute atomic E-state index is 0.0885. The number of sulfonamides is 1. The molecule has 2 saturated heterocycles. The lowest BCUT2D eigenvalue weighted by Gasteiger charge is -2.26. The van der Waals surface area contributed by atoms with E-state index in [9.17, 15) is 22.8 Å². The zero-order chi connectivity index (χ0) is 25.4. The van der Waals surface area contributed by atoms with Crippen LogP contribution in [0.5, 0.6) is 0 Å². The summed E-state index contributed by atoms with van der Waals surface area (Å²) in [6, 6.07) is 10.4. The molecule has 2 N–H and O–H groups in total. The van der Waals surface area contributed by atoms with Gasteiger partial charge in [0.1, 0.15) is 12.1 Å². The maximum Gasteiger partial charge on any atom is 0.325 e. The van der Waals surface area contributed by atoms with Gasteiger partial charge < -0.3 is 10.6 Å². The van der Waals surface area contributed by atoms with E-state index in [1.54, 1.807) is 44.2 Å². The third-order valence-electron chi connectivity index (χ3n) is 6.43. The zero-order valence-electron chi connectivity index (χ0n) is 19.5. The molecular formula is C24H27ClN4O5S. The summed E-state index contributed by atoms with van der Waals surface area (Å²) in [4.78, 5) is 39.4. The normalized spacial score (nSPS) is 21.2. The van der Waals surface area contributed by atoms with E-state index in [0.29, 0.717) is 34.9 Å². The number of hydrogen-bond donors (Lipinski definition) is 2. The first-order valence-corrected chi connectivity index (χ1v) is 13.1. The molecule has 4 amide bonds. The number of hydrogen-bond acceptors (Lipinski definition) is 5. The number of aryl methyl sites for hydroxylation is 1. The zero-order valence-corrected chi connectivity index (χ0v) is 21.1. The van der Waals surface area contributed by atoms with Crippen molar-refractivity contribution in [1.82, 2.24) is 14.5 Å². The number of rotatable bonds is 6. The van der Waals surface area contributed by atoms with Gasteiger partial charge in [-0.25, -0.2) is 13.2 Å². The Morgan fingerprint density at radius 3 is 2.40 bits per heavy atom. The van der Waals surface area contributed by atoms with Crippen molar-refractivity contribution in [1.29, 1.82) is 0 Å². The Labute approximate surface area is 209 Å². The summed E-state index contributed by atoms with van der Waals surface area (Å²) in [6.07, 6.45) is 2.63. The quantitative estimate of drug-likeness (QED) is 0.569. The number of benzene rings is 2. The van der Waals surface area contributed by atoms with Gasteiger partial charge in [-0.2, -0.15) is 4.31 Å². The summed E-state index contributed by atoms with van der Waals surface area (Å²) < 4.78 is 27.5. The Balaban J connectivity index is 1.49. The van der Waals surface area contributed by atoms with Crippen molar-refractivity contribution in [3.8, 4) is 0 Å². The first-order valence-electron chi connectivity index (χ1n) is 11.3. The van der Waals surface area contributed by atoms with Crippen molar-refractivity contribution in [2.75, 3.05) is 25.0 Å². The molecule has 0 aromatic heterocycles. The van der Waals surface area contributed by atoms with Crippen LogP contribution in [0.2, 0.25) is 5.02 Å². The van der Waals surface area contributed by atoms with E-state index in [1.807, 2.05) is 0 Å². The van der Waals surface area contributed by atoms with Gasteiger partial charge in [0, 0.05) is 23.8 Å². The third kappa shape index (κ3) is 4.91. The van der Waals surface area contributed by atoms with Crippen LogP contribution >= 0.6 is 11.6 Å². The fourth-order valence-corrected chi connectivity index (χ4v) is 5.97. The summed E-state index contributed by atoms with van der Waals surface area (Å²) in [5.74, 6) is -1.19. The summed E-state index contributed by atoms with van der Waals surface area (Å²) in [5, 5.41) is 5.79. The molecule has 11 heteroatoms. The summed E-state index contributed by atoms with van der Waals surface area (Å²) in [5.41, 5.74) is 0.162. The summed E-state index contributed by atoms with van der Waals surface area (Å²) in [7, 11) is -3.68. The molecular weight excluding hydrogens is 492 g/mol. The van der Waals surface area contributed by atoms with Gasteiger partial charge in [-0.15, -0.1) is 0 Å². The van der Waals surface area contributed by atoms with Crippen molar-refractivity contribution >= 4 is 45.2 Å². The lowest BCUT2D eigenvalue weighted by atomic mass is 9.92. The molecule has 2 aliphatic heterocycles. The Kier molecular flexibility index (Phi) is 6.90. The van der Waals surface area contributed by atoms with E-state index in [0.717, 1.165) is 24.2 Å². The number of carbonyl (C=O) groups is 3. The molecule has 2 heterocycles. The standard InChI is InChI=1S/C24H27ClN4O5S/c1-16-6-11-19(35(33,34)28-12-4-3-5-13-28)14-20(16)26-21(30)15-29-22(31)24(2,27-23(29)32)17-7-9-18(25)10-8-17/h6-11,14H,3-5,12-13,15H2,1-2H3,(H,26,30)(H,27,32). The SMILES string of the molecule is Cc1ccc(S(=O)(=O)N2CCCCC2)cc1NC(=O)CN1C(=O)NC(C)(c2ccc(Cl)cc2)C1=O. The van der Waals surface area contributed by atoms with Gasteiger partial charge in [0.05, 0.1) is 4.90 Å². The minimum atomic E-state index is -3.68. The number of halogens is 1. The second-order valence-corrected chi connectivity index (χ2v) is 11.3. The van der Waals surface area contributed by atoms with Crippen LogP contribution in [0.25, 0.3) is 0 Å². The van der Waals surface area contributed by atoms with Crippen LogP contribution < -0.4 is 10.6 Å². The predicted octanol–water partition coefficient (Wildman–Crippen LogP) is 3.23. The number of urea groups is 1. The average Bonchev–Trinajstić information content (AvgIpc) is 3.05. The largest absolute Gasteiger partial charge is 0.325 e. The van der Waals surface area contributed by atoms with Gasteiger partial charge in [-0.1, -0.05) is 36.2 Å². The maximum absolute atomic E-state index is 13.1. The molecule has 2 aromatic carbocycles. The Bertz CT molecular complexity index is 1280. The van der Waals surface area contributed by atoms with Gasteiger partial charge in [0.15, 0.2) is 0 Å².